The second kappa shape index (κ2) is 8.12. The maximum atomic E-state index is 12.0. The number of carboxylic acids is 1. The number of hydrogen-bond donors (Lipinski definition) is 2. The summed E-state index contributed by atoms with van der Waals surface area (Å²) < 4.78 is 5.56. The Kier molecular flexibility index (Phi) is 6.80. The van der Waals surface area contributed by atoms with Crippen LogP contribution in [-0.4, -0.2) is 60.8 Å². The van der Waals surface area contributed by atoms with E-state index in [1.54, 1.807) is 0 Å². The van der Waals surface area contributed by atoms with E-state index in [4.69, 9.17) is 9.84 Å². The number of hydrogen-bond acceptors (Lipinski definition) is 4. The smallest absolute Gasteiger partial charge is 0.323 e. The summed E-state index contributed by atoms with van der Waals surface area (Å²) in [5.74, 6) is -0.993. The number of carbonyl (C=O) groups is 2. The molecule has 2 N–H and O–H groups in total. The topological polar surface area (TPSA) is 78.9 Å². The standard InChI is InChI=1S/C13H24N2O4/c1-10(2)7-15(8-13(17)18)12(16)9-19-11-3-5-14-6-4-11/h10-11,14H,3-9H2,1-2H3,(H,17,18). The summed E-state index contributed by atoms with van der Waals surface area (Å²) in [6.07, 6.45) is 1.91. The number of nitrogens with one attached hydrogen (secondary N) is 1. The van der Waals surface area contributed by atoms with E-state index >= 15 is 0 Å². The Morgan fingerprint density at radius 1 is 1.37 bits per heavy atom. The molecule has 0 bridgehead atoms. The zero-order valence-corrected chi connectivity index (χ0v) is 11.7. The Labute approximate surface area is 114 Å². The lowest BCUT2D eigenvalue weighted by atomic mass is 10.1. The Balaban J connectivity index is 2.39. The Morgan fingerprint density at radius 3 is 2.53 bits per heavy atom. The molecule has 1 aliphatic heterocycles. The van der Waals surface area contributed by atoms with Gasteiger partial charge in [-0.25, -0.2) is 0 Å². The number of aliphatic carboxylic acids is 1. The van der Waals surface area contributed by atoms with Gasteiger partial charge >= 0.3 is 5.97 Å². The summed E-state index contributed by atoms with van der Waals surface area (Å²) >= 11 is 0. The number of amides is 1. The first-order chi connectivity index (χ1) is 8.99. The lowest BCUT2D eigenvalue weighted by Gasteiger charge is -2.26. The molecule has 110 valence electrons. The molecular formula is C13H24N2O4. The first-order valence-corrected chi connectivity index (χ1v) is 6.81. The van der Waals surface area contributed by atoms with Crippen LogP contribution in [0.4, 0.5) is 0 Å². The van der Waals surface area contributed by atoms with Crippen molar-refractivity contribution in [3.8, 4) is 0 Å². The van der Waals surface area contributed by atoms with Crippen molar-refractivity contribution in [1.82, 2.24) is 10.2 Å². The average Bonchev–Trinajstić information content (AvgIpc) is 2.35. The highest BCUT2D eigenvalue weighted by molar-refractivity contribution is 5.82. The monoisotopic (exact) mass is 272 g/mol. The van der Waals surface area contributed by atoms with Gasteiger partial charge in [0.2, 0.25) is 5.91 Å². The van der Waals surface area contributed by atoms with Crippen LogP contribution in [-0.2, 0) is 14.3 Å². The fourth-order valence-corrected chi connectivity index (χ4v) is 2.10. The second-order valence-electron chi connectivity index (χ2n) is 5.32. The highest BCUT2D eigenvalue weighted by atomic mass is 16.5. The first-order valence-electron chi connectivity index (χ1n) is 6.81. The fraction of sp³-hybridized carbons (Fsp3) is 0.846. The van der Waals surface area contributed by atoms with Gasteiger partial charge in [0.15, 0.2) is 0 Å². The second-order valence-corrected chi connectivity index (χ2v) is 5.32. The van der Waals surface area contributed by atoms with Crippen molar-refractivity contribution in [3.05, 3.63) is 0 Å². The van der Waals surface area contributed by atoms with Gasteiger partial charge in [0.1, 0.15) is 13.2 Å². The summed E-state index contributed by atoms with van der Waals surface area (Å²) in [6.45, 7) is 5.89. The van der Waals surface area contributed by atoms with Gasteiger partial charge < -0.3 is 20.1 Å². The molecule has 6 heteroatoms. The van der Waals surface area contributed by atoms with Gasteiger partial charge in [-0.15, -0.1) is 0 Å². The van der Waals surface area contributed by atoms with Crippen LogP contribution in [0.3, 0.4) is 0 Å². The summed E-state index contributed by atoms with van der Waals surface area (Å²) in [7, 11) is 0. The zero-order chi connectivity index (χ0) is 14.3. The molecule has 0 aromatic rings. The molecule has 0 radical (unpaired) electrons. The molecule has 0 saturated carbocycles. The van der Waals surface area contributed by atoms with Gasteiger partial charge in [0.25, 0.3) is 0 Å². The molecule has 6 nitrogen and oxygen atoms in total. The highest BCUT2D eigenvalue weighted by Gasteiger charge is 2.20. The summed E-state index contributed by atoms with van der Waals surface area (Å²) in [5, 5.41) is 12.0. The molecule has 1 saturated heterocycles. The van der Waals surface area contributed by atoms with E-state index in [1.807, 2.05) is 13.8 Å². The molecule has 1 fully saturated rings. The van der Waals surface area contributed by atoms with Crippen LogP contribution in [0.15, 0.2) is 0 Å². The molecule has 1 aliphatic rings. The number of carboxylic acid groups (broad SMARTS) is 1. The van der Waals surface area contributed by atoms with Crippen molar-refractivity contribution in [2.45, 2.75) is 32.8 Å². The lowest BCUT2D eigenvalue weighted by Crippen LogP contribution is -2.41. The minimum Gasteiger partial charge on any atom is -0.480 e. The van der Waals surface area contributed by atoms with Crippen molar-refractivity contribution in [2.75, 3.05) is 32.8 Å². The van der Waals surface area contributed by atoms with Gasteiger partial charge in [-0.3, -0.25) is 9.59 Å². The first kappa shape index (κ1) is 15.9. The van der Waals surface area contributed by atoms with E-state index in [9.17, 15) is 9.59 Å². The minimum absolute atomic E-state index is 0.0231. The number of carbonyl (C=O) groups excluding carboxylic acids is 1. The zero-order valence-electron chi connectivity index (χ0n) is 11.7. The van der Waals surface area contributed by atoms with Crippen molar-refractivity contribution < 1.29 is 19.4 Å². The van der Waals surface area contributed by atoms with Crippen LogP contribution < -0.4 is 5.32 Å². The molecule has 0 spiro atoms. The summed E-state index contributed by atoms with van der Waals surface area (Å²) in [4.78, 5) is 24.1. The maximum absolute atomic E-state index is 12.0. The number of piperidine rings is 1. The Bertz CT molecular complexity index is 301. The number of rotatable bonds is 7. The number of nitrogens with zero attached hydrogens (tertiary/aromatic N) is 1. The molecular weight excluding hydrogens is 248 g/mol. The van der Waals surface area contributed by atoms with Crippen molar-refractivity contribution in [1.29, 1.82) is 0 Å². The van der Waals surface area contributed by atoms with Gasteiger partial charge in [0.05, 0.1) is 6.10 Å². The predicted octanol–water partition coefficient (Wildman–Crippen LogP) is 0.324. The van der Waals surface area contributed by atoms with Crippen molar-refractivity contribution in [3.63, 3.8) is 0 Å². The highest BCUT2D eigenvalue weighted by Crippen LogP contribution is 2.08. The van der Waals surface area contributed by atoms with Crippen LogP contribution in [0, 0.1) is 5.92 Å². The summed E-state index contributed by atoms with van der Waals surface area (Å²) in [6, 6.07) is 0. The van der Waals surface area contributed by atoms with Gasteiger partial charge in [-0.05, 0) is 31.8 Å². The van der Waals surface area contributed by atoms with Gasteiger partial charge in [0, 0.05) is 6.54 Å². The van der Waals surface area contributed by atoms with E-state index in [1.165, 1.54) is 4.90 Å². The van der Waals surface area contributed by atoms with Crippen LogP contribution in [0.1, 0.15) is 26.7 Å². The fourth-order valence-electron chi connectivity index (χ4n) is 2.10. The summed E-state index contributed by atoms with van der Waals surface area (Å²) in [5.41, 5.74) is 0. The predicted molar refractivity (Wildman–Crippen MR) is 70.9 cm³/mol. The third kappa shape index (κ3) is 6.54. The third-order valence-electron chi connectivity index (χ3n) is 2.99. The quantitative estimate of drug-likeness (QED) is 0.698. The largest absolute Gasteiger partial charge is 0.480 e. The molecule has 1 amide bonds. The van der Waals surface area contributed by atoms with E-state index in [2.05, 4.69) is 5.32 Å². The molecule has 0 aromatic heterocycles. The van der Waals surface area contributed by atoms with Crippen LogP contribution in [0.5, 0.6) is 0 Å². The minimum atomic E-state index is -0.990. The van der Waals surface area contributed by atoms with Gasteiger partial charge in [-0.1, -0.05) is 13.8 Å². The number of ether oxygens (including phenoxy) is 1. The molecule has 0 aromatic carbocycles. The normalized spacial score (nSPS) is 16.6. The molecule has 19 heavy (non-hydrogen) atoms. The Hall–Kier alpha value is -1.14. The van der Waals surface area contributed by atoms with Crippen LogP contribution >= 0.6 is 0 Å². The van der Waals surface area contributed by atoms with E-state index in [-0.39, 0.29) is 31.1 Å². The molecule has 0 aliphatic carbocycles. The molecule has 0 atom stereocenters. The van der Waals surface area contributed by atoms with Crippen LogP contribution in [0.2, 0.25) is 0 Å². The third-order valence-corrected chi connectivity index (χ3v) is 2.99. The Morgan fingerprint density at radius 2 is 2.00 bits per heavy atom. The van der Waals surface area contributed by atoms with Crippen LogP contribution in [0.25, 0.3) is 0 Å². The molecule has 1 rings (SSSR count). The molecule has 0 unspecified atom stereocenters. The SMILES string of the molecule is CC(C)CN(CC(=O)O)C(=O)COC1CCNCC1. The van der Waals surface area contributed by atoms with Crippen molar-refractivity contribution >= 4 is 11.9 Å². The van der Waals surface area contributed by atoms with Crippen molar-refractivity contribution in [2.24, 2.45) is 5.92 Å². The molecule has 1 heterocycles. The van der Waals surface area contributed by atoms with E-state index < -0.39 is 5.97 Å². The van der Waals surface area contributed by atoms with Gasteiger partial charge in [-0.2, -0.15) is 0 Å². The average molecular weight is 272 g/mol. The van der Waals surface area contributed by atoms with E-state index in [0.29, 0.717) is 6.54 Å². The lowest BCUT2D eigenvalue weighted by molar-refractivity contribution is -0.148. The maximum Gasteiger partial charge on any atom is 0.323 e. The van der Waals surface area contributed by atoms with E-state index in [0.717, 1.165) is 25.9 Å².